The number of nitrogens with zero attached hydrogens (tertiary/aromatic N) is 5. The van der Waals surface area contributed by atoms with Gasteiger partial charge in [0.2, 0.25) is 12.3 Å². The molecule has 17 heteroatoms. The lowest BCUT2D eigenvalue weighted by molar-refractivity contribution is -0.323. The van der Waals surface area contributed by atoms with Crippen LogP contribution in [-0.2, 0) is 11.3 Å². The smallest absolute Gasteiger partial charge is 0.369 e. The van der Waals surface area contributed by atoms with Crippen molar-refractivity contribution in [1.29, 1.82) is 0 Å². The summed E-state index contributed by atoms with van der Waals surface area (Å²) in [4.78, 5) is 28.5. The summed E-state index contributed by atoms with van der Waals surface area (Å²) < 4.78 is 10.6. The zero-order valence-electron chi connectivity index (χ0n) is 20.9. The van der Waals surface area contributed by atoms with Crippen molar-refractivity contribution < 1.29 is 34.4 Å². The number of carbonyl (C=O) groups is 2. The molecule has 0 fully saturated rings. The number of aliphatic hydroxyl groups is 3. The van der Waals surface area contributed by atoms with Crippen LogP contribution >= 0.6 is 11.3 Å². The molecule has 0 saturated carbocycles. The number of aromatic nitrogens is 5. The van der Waals surface area contributed by atoms with Crippen LogP contribution in [0.15, 0.2) is 42.6 Å². The van der Waals surface area contributed by atoms with Crippen molar-refractivity contribution >= 4 is 46.7 Å². The molecule has 40 heavy (non-hydrogen) atoms. The van der Waals surface area contributed by atoms with Gasteiger partial charge in [-0.3, -0.25) is 14.9 Å². The van der Waals surface area contributed by atoms with Crippen molar-refractivity contribution in [3.05, 3.63) is 53.2 Å². The van der Waals surface area contributed by atoms with Crippen molar-refractivity contribution in [1.82, 2.24) is 36.0 Å². The maximum Gasteiger partial charge on any atom is 0.369 e. The van der Waals surface area contributed by atoms with Crippen LogP contribution in [0.4, 0.5) is 23.0 Å². The molecule has 0 atom stereocenters. The van der Waals surface area contributed by atoms with Crippen molar-refractivity contribution in [3.8, 4) is 22.2 Å². The monoisotopic (exact) mass is 569 g/mol. The van der Waals surface area contributed by atoms with Gasteiger partial charge in [0, 0.05) is 23.2 Å². The number of rotatable bonds is 12. The van der Waals surface area contributed by atoms with Crippen molar-refractivity contribution in [2.24, 2.45) is 0 Å². The van der Waals surface area contributed by atoms with Crippen LogP contribution in [0, 0.1) is 0 Å². The van der Waals surface area contributed by atoms with Crippen LogP contribution in [0.5, 0.6) is 11.6 Å². The normalized spacial score (nSPS) is 10.9. The van der Waals surface area contributed by atoms with E-state index >= 15 is 0 Å². The van der Waals surface area contributed by atoms with Gasteiger partial charge in [0.1, 0.15) is 5.01 Å². The van der Waals surface area contributed by atoms with Crippen LogP contribution in [0.3, 0.4) is 0 Å². The number of thiazole rings is 1. The molecule has 2 amide bonds. The first kappa shape index (κ1) is 28.0. The molecule has 4 rings (SSSR count). The Balaban J connectivity index is 1.71. The summed E-state index contributed by atoms with van der Waals surface area (Å²) in [5.74, 6) is -0.0524. The van der Waals surface area contributed by atoms with Crippen molar-refractivity contribution in [2.45, 2.75) is 12.6 Å². The molecule has 1 aromatic carbocycles. The second-order valence-electron chi connectivity index (χ2n) is 7.81. The molecule has 0 spiro atoms. The van der Waals surface area contributed by atoms with Gasteiger partial charge in [0.15, 0.2) is 23.1 Å². The molecule has 0 radical (unpaired) electrons. The summed E-state index contributed by atoms with van der Waals surface area (Å²) in [6.07, 6.45) is -1.26. The van der Waals surface area contributed by atoms with Crippen molar-refractivity contribution in [3.63, 3.8) is 0 Å². The molecule has 3 aromatic heterocycles. The van der Waals surface area contributed by atoms with Gasteiger partial charge in [-0.05, 0) is 18.2 Å². The number of para-hydroxylation sites is 1. The Kier molecular flexibility index (Phi) is 8.60. The first-order chi connectivity index (χ1) is 19.2. The van der Waals surface area contributed by atoms with E-state index in [0.29, 0.717) is 46.7 Å². The summed E-state index contributed by atoms with van der Waals surface area (Å²) in [6.45, 7) is 0.318. The number of benzene rings is 1. The molecule has 7 N–H and O–H groups in total. The fourth-order valence-electron chi connectivity index (χ4n) is 3.38. The van der Waals surface area contributed by atoms with E-state index in [0.717, 1.165) is 4.88 Å². The number of hydrogen-bond acceptors (Lipinski definition) is 15. The van der Waals surface area contributed by atoms with E-state index in [-0.39, 0.29) is 11.5 Å². The van der Waals surface area contributed by atoms with E-state index in [2.05, 4.69) is 41.3 Å². The van der Waals surface area contributed by atoms with Gasteiger partial charge in [-0.2, -0.15) is 0 Å². The van der Waals surface area contributed by atoms with E-state index in [1.807, 2.05) is 0 Å². The Morgan fingerprint density at radius 3 is 2.48 bits per heavy atom. The highest BCUT2D eigenvalue weighted by Crippen LogP contribution is 2.40. The minimum Gasteiger partial charge on any atom is -0.494 e. The molecular formula is C23H23N9O7S. The molecule has 0 saturated heterocycles. The van der Waals surface area contributed by atoms with Crippen LogP contribution in [-0.4, -0.2) is 73.3 Å². The van der Waals surface area contributed by atoms with E-state index < -0.39 is 17.7 Å². The fraction of sp³-hybridized carbons (Fsp3) is 0.174. The van der Waals surface area contributed by atoms with Crippen LogP contribution in [0.1, 0.15) is 15.4 Å². The molecule has 0 aliphatic heterocycles. The van der Waals surface area contributed by atoms with Crippen LogP contribution in [0.25, 0.3) is 10.6 Å². The van der Waals surface area contributed by atoms with Gasteiger partial charge in [0.25, 0.3) is 5.91 Å². The van der Waals surface area contributed by atoms with Gasteiger partial charge < -0.3 is 40.7 Å². The number of amides is 2. The molecule has 0 aliphatic carbocycles. The minimum atomic E-state index is -3.50. The highest BCUT2D eigenvalue weighted by Gasteiger charge is 2.26. The summed E-state index contributed by atoms with van der Waals surface area (Å²) >= 11 is 1.35. The molecule has 0 aliphatic rings. The van der Waals surface area contributed by atoms with Crippen LogP contribution < -0.4 is 30.7 Å². The van der Waals surface area contributed by atoms with Gasteiger partial charge in [0.05, 0.1) is 37.7 Å². The Morgan fingerprint density at radius 2 is 1.80 bits per heavy atom. The second-order valence-corrected chi connectivity index (χ2v) is 8.92. The maximum absolute atomic E-state index is 12.7. The molecule has 0 unspecified atom stereocenters. The van der Waals surface area contributed by atoms with Crippen molar-refractivity contribution in [2.75, 3.05) is 24.9 Å². The second kappa shape index (κ2) is 12.3. The number of anilines is 4. The Morgan fingerprint density at radius 1 is 1.00 bits per heavy atom. The van der Waals surface area contributed by atoms with Gasteiger partial charge >= 0.3 is 6.10 Å². The Labute approximate surface area is 230 Å². The topological polar surface area (TPSA) is 226 Å². The Bertz CT molecular complexity index is 1490. The lowest BCUT2D eigenvalue weighted by Gasteiger charge is -2.18. The molecule has 16 nitrogen and oxygen atoms in total. The summed E-state index contributed by atoms with van der Waals surface area (Å²) in [5.41, 5.74) is 0.668. The van der Waals surface area contributed by atoms with E-state index in [4.69, 9.17) is 9.47 Å². The summed E-state index contributed by atoms with van der Waals surface area (Å²) in [7, 11) is 2.91. The number of carbonyl (C=O) groups excluding carboxylic acids is 2. The standard InChI is InChI=1S/C23H23N9O7S/c1-38-18-7-6-16(29-31-18)27-17-8-15(19(32-30-17)21(34)28-23(35,36)37)26-14-5-3-4-13(20(14)39-2)22-25-10-12(40-22)9-24-11-33/h3-8,10-11,35-37H,9H2,1-2H3,(H,24,33)(H,28,34)(H2,26,27,29,30). The maximum atomic E-state index is 12.7. The largest absolute Gasteiger partial charge is 0.494 e. The van der Waals surface area contributed by atoms with E-state index in [1.165, 1.54) is 31.6 Å². The third kappa shape index (κ3) is 6.91. The number of ether oxygens (including phenoxy) is 2. The lowest BCUT2D eigenvalue weighted by atomic mass is 10.1. The summed E-state index contributed by atoms with van der Waals surface area (Å²) in [6, 6.07) is 9.74. The third-order valence-corrected chi connectivity index (χ3v) is 6.06. The molecule has 208 valence electrons. The average molecular weight is 570 g/mol. The SMILES string of the molecule is COc1ccc(Nc2cc(Nc3cccc(-c4ncc(CNC=O)s4)c3OC)c(C(=O)NC(O)(O)O)nn2)nn1. The van der Waals surface area contributed by atoms with Crippen LogP contribution in [0.2, 0.25) is 0 Å². The highest BCUT2D eigenvalue weighted by molar-refractivity contribution is 7.15. The number of nitrogens with one attached hydrogen (secondary N) is 4. The highest BCUT2D eigenvalue weighted by atomic mass is 32.1. The third-order valence-electron chi connectivity index (χ3n) is 5.03. The molecular weight excluding hydrogens is 546 g/mol. The first-order valence-electron chi connectivity index (χ1n) is 11.3. The van der Waals surface area contributed by atoms with Gasteiger partial charge in [-0.25, -0.2) is 4.98 Å². The minimum absolute atomic E-state index is 0.0474. The Hall–Kier alpha value is -4.97. The van der Waals surface area contributed by atoms with E-state index in [1.54, 1.807) is 41.8 Å². The lowest BCUT2D eigenvalue weighted by Crippen LogP contribution is -2.48. The quantitative estimate of drug-likeness (QED) is 0.0909. The zero-order valence-corrected chi connectivity index (χ0v) is 21.8. The number of methoxy groups -OCH3 is 2. The average Bonchev–Trinajstić information content (AvgIpc) is 3.40. The zero-order chi connectivity index (χ0) is 28.7. The number of hydrogen-bond donors (Lipinski definition) is 7. The molecule has 4 aromatic rings. The predicted molar refractivity (Wildman–Crippen MR) is 141 cm³/mol. The van der Waals surface area contributed by atoms with E-state index in [9.17, 15) is 24.9 Å². The predicted octanol–water partition coefficient (Wildman–Crippen LogP) is 0.458. The van der Waals surface area contributed by atoms with Gasteiger partial charge in [-0.15, -0.1) is 31.7 Å². The molecule has 0 bridgehead atoms. The van der Waals surface area contributed by atoms with Gasteiger partial charge in [-0.1, -0.05) is 6.07 Å². The first-order valence-corrected chi connectivity index (χ1v) is 12.1. The fourth-order valence-corrected chi connectivity index (χ4v) is 4.26. The summed E-state index contributed by atoms with van der Waals surface area (Å²) in [5, 5.41) is 54.1. The molecule has 3 heterocycles.